The van der Waals surface area contributed by atoms with E-state index in [1.165, 1.54) is 44.7 Å². The molecule has 1 aromatic heterocycles. The van der Waals surface area contributed by atoms with Crippen molar-refractivity contribution < 1.29 is 14.7 Å². The number of hydrogen-bond donors (Lipinski definition) is 2. The highest BCUT2D eigenvalue weighted by Crippen LogP contribution is 2.10. The van der Waals surface area contributed by atoms with Gasteiger partial charge in [-0.3, -0.25) is 4.79 Å². The van der Waals surface area contributed by atoms with Crippen molar-refractivity contribution in [3.8, 4) is 0 Å². The lowest BCUT2D eigenvalue weighted by molar-refractivity contribution is -0.116. The number of nitrogens with one attached hydrogen (secondary N) is 1. The second-order valence-corrected chi connectivity index (χ2v) is 5.37. The van der Waals surface area contributed by atoms with E-state index in [-0.39, 0.29) is 17.4 Å². The fourth-order valence-corrected chi connectivity index (χ4v) is 2.13. The summed E-state index contributed by atoms with van der Waals surface area (Å²) in [6.07, 6.45) is 12.3. The predicted octanol–water partition coefficient (Wildman–Crippen LogP) is 3.64. The normalized spacial score (nSPS) is 10.4. The van der Waals surface area contributed by atoms with Crippen LogP contribution in [0.4, 0.5) is 5.82 Å². The summed E-state index contributed by atoms with van der Waals surface area (Å²) in [5.74, 6) is -0.956. The highest BCUT2D eigenvalue weighted by atomic mass is 16.4. The van der Waals surface area contributed by atoms with Crippen molar-refractivity contribution in [1.29, 1.82) is 0 Å². The van der Waals surface area contributed by atoms with Crippen LogP contribution in [0.5, 0.6) is 0 Å². The third-order valence-electron chi connectivity index (χ3n) is 3.40. The first-order valence-corrected chi connectivity index (χ1v) is 7.98. The molecule has 1 amide bonds. The molecule has 1 heterocycles. The topological polar surface area (TPSA) is 92.2 Å². The number of carboxylic acid groups (broad SMARTS) is 1. The molecule has 1 aromatic rings. The molecule has 2 N–H and O–H groups in total. The lowest BCUT2D eigenvalue weighted by Gasteiger charge is -2.04. The van der Waals surface area contributed by atoms with Gasteiger partial charge < -0.3 is 10.4 Å². The number of carbonyl (C=O) groups is 2. The van der Waals surface area contributed by atoms with Gasteiger partial charge in [-0.1, -0.05) is 51.9 Å². The van der Waals surface area contributed by atoms with Crippen molar-refractivity contribution in [3.63, 3.8) is 0 Å². The Morgan fingerprint density at radius 3 is 2.18 bits per heavy atom. The van der Waals surface area contributed by atoms with Crippen LogP contribution in [0, 0.1) is 0 Å². The van der Waals surface area contributed by atoms with Gasteiger partial charge >= 0.3 is 5.97 Å². The van der Waals surface area contributed by atoms with Crippen molar-refractivity contribution in [3.05, 3.63) is 18.1 Å². The number of carboxylic acids is 1. The van der Waals surface area contributed by atoms with Gasteiger partial charge in [0, 0.05) is 6.42 Å². The molecule has 0 saturated carbocycles. The molecular weight excluding hydrogens is 282 g/mol. The van der Waals surface area contributed by atoms with Crippen molar-refractivity contribution in [2.24, 2.45) is 0 Å². The number of anilines is 1. The first-order chi connectivity index (χ1) is 10.6. The van der Waals surface area contributed by atoms with Crippen LogP contribution in [0.25, 0.3) is 0 Å². The maximum Gasteiger partial charge on any atom is 0.356 e. The number of unbranched alkanes of at least 4 members (excludes halogenated alkanes) is 7. The lowest BCUT2D eigenvalue weighted by atomic mass is 10.1. The number of carbonyl (C=O) groups excluding carboxylic acids is 1. The van der Waals surface area contributed by atoms with E-state index >= 15 is 0 Å². The molecule has 0 aromatic carbocycles. The molecule has 0 aliphatic rings. The van der Waals surface area contributed by atoms with Crippen LogP contribution in [0.1, 0.15) is 75.2 Å². The molecule has 0 aliphatic carbocycles. The van der Waals surface area contributed by atoms with E-state index in [9.17, 15) is 9.59 Å². The Morgan fingerprint density at radius 1 is 1.00 bits per heavy atom. The molecule has 6 nitrogen and oxygen atoms in total. The van der Waals surface area contributed by atoms with Crippen molar-refractivity contribution in [2.45, 2.75) is 64.7 Å². The molecular formula is C16H25N3O3. The summed E-state index contributed by atoms with van der Waals surface area (Å²) in [6, 6.07) is 0. The summed E-state index contributed by atoms with van der Waals surface area (Å²) in [7, 11) is 0. The monoisotopic (exact) mass is 307 g/mol. The molecule has 1 rings (SSSR count). The van der Waals surface area contributed by atoms with E-state index in [2.05, 4.69) is 22.2 Å². The Balaban J connectivity index is 2.12. The molecule has 6 heteroatoms. The second-order valence-electron chi connectivity index (χ2n) is 5.37. The zero-order valence-electron chi connectivity index (χ0n) is 13.2. The van der Waals surface area contributed by atoms with Gasteiger partial charge in [0.1, 0.15) is 0 Å². The van der Waals surface area contributed by atoms with Crippen molar-refractivity contribution in [1.82, 2.24) is 9.97 Å². The summed E-state index contributed by atoms with van der Waals surface area (Å²) in [6.45, 7) is 2.21. The van der Waals surface area contributed by atoms with Gasteiger partial charge in [-0.05, 0) is 6.42 Å². The minimum Gasteiger partial charge on any atom is -0.476 e. The highest BCUT2D eigenvalue weighted by molar-refractivity contribution is 5.90. The molecule has 0 unspecified atom stereocenters. The van der Waals surface area contributed by atoms with Crippen LogP contribution < -0.4 is 5.32 Å². The maximum absolute atomic E-state index is 11.7. The Bertz CT molecular complexity index is 460. The molecule has 0 bridgehead atoms. The van der Waals surface area contributed by atoms with E-state index in [0.717, 1.165) is 19.0 Å². The fourth-order valence-electron chi connectivity index (χ4n) is 2.13. The summed E-state index contributed by atoms with van der Waals surface area (Å²) < 4.78 is 0. The Hall–Kier alpha value is -1.98. The zero-order chi connectivity index (χ0) is 16.2. The van der Waals surface area contributed by atoms with Gasteiger partial charge in [0.25, 0.3) is 0 Å². The molecule has 0 atom stereocenters. The van der Waals surface area contributed by atoms with E-state index in [0.29, 0.717) is 6.42 Å². The van der Waals surface area contributed by atoms with E-state index in [4.69, 9.17) is 5.11 Å². The Morgan fingerprint density at radius 2 is 1.64 bits per heavy atom. The first-order valence-electron chi connectivity index (χ1n) is 7.98. The van der Waals surface area contributed by atoms with Gasteiger partial charge in [0.2, 0.25) is 5.91 Å². The van der Waals surface area contributed by atoms with E-state index in [1.54, 1.807) is 0 Å². The second kappa shape index (κ2) is 10.7. The summed E-state index contributed by atoms with van der Waals surface area (Å²) >= 11 is 0. The van der Waals surface area contributed by atoms with Crippen LogP contribution in [0.15, 0.2) is 12.4 Å². The minimum atomic E-state index is -1.13. The zero-order valence-corrected chi connectivity index (χ0v) is 13.2. The van der Waals surface area contributed by atoms with Crippen molar-refractivity contribution in [2.75, 3.05) is 5.32 Å². The average molecular weight is 307 g/mol. The Labute approximate surface area is 131 Å². The summed E-state index contributed by atoms with van der Waals surface area (Å²) in [5.41, 5.74) is -0.138. The number of amides is 1. The molecule has 0 spiro atoms. The van der Waals surface area contributed by atoms with Crippen molar-refractivity contribution >= 4 is 17.7 Å². The number of hydrogen-bond acceptors (Lipinski definition) is 4. The minimum absolute atomic E-state index is 0.108. The standard InChI is InChI=1S/C16H25N3O3/c1-2-3-4-5-6-7-8-9-10-15(20)19-14-12-17-13(11-18-14)16(21)22/h11-12H,2-10H2,1H3,(H,21,22)(H,18,19,20). The molecule has 122 valence electrons. The van der Waals surface area contributed by atoms with E-state index in [1.807, 2.05) is 0 Å². The van der Waals surface area contributed by atoms with Crippen LogP contribution in [0.2, 0.25) is 0 Å². The summed E-state index contributed by atoms with van der Waals surface area (Å²) in [4.78, 5) is 29.9. The quantitative estimate of drug-likeness (QED) is 0.609. The van der Waals surface area contributed by atoms with Gasteiger partial charge in [-0.25, -0.2) is 14.8 Å². The van der Waals surface area contributed by atoms with Crippen LogP contribution >= 0.6 is 0 Å². The SMILES string of the molecule is CCCCCCCCCCC(=O)Nc1cnc(C(=O)O)cn1. The lowest BCUT2D eigenvalue weighted by Crippen LogP contribution is -2.13. The van der Waals surface area contributed by atoms with Gasteiger partial charge in [-0.2, -0.15) is 0 Å². The number of nitrogens with zero attached hydrogens (tertiary/aromatic N) is 2. The molecule has 0 fully saturated rings. The molecule has 0 radical (unpaired) electrons. The van der Waals surface area contributed by atoms with Crippen LogP contribution in [-0.2, 0) is 4.79 Å². The Kier molecular flexibility index (Phi) is 8.79. The number of aromatic nitrogens is 2. The first kappa shape index (κ1) is 18.1. The van der Waals surface area contributed by atoms with E-state index < -0.39 is 5.97 Å². The fraction of sp³-hybridized carbons (Fsp3) is 0.625. The maximum atomic E-state index is 11.7. The summed E-state index contributed by atoms with van der Waals surface area (Å²) in [5, 5.41) is 11.3. The number of rotatable bonds is 11. The predicted molar refractivity (Wildman–Crippen MR) is 84.8 cm³/mol. The highest BCUT2D eigenvalue weighted by Gasteiger charge is 2.07. The largest absolute Gasteiger partial charge is 0.476 e. The van der Waals surface area contributed by atoms with Gasteiger partial charge in [0.05, 0.1) is 12.4 Å². The molecule has 0 aliphatic heterocycles. The van der Waals surface area contributed by atoms with Gasteiger partial charge in [0.15, 0.2) is 11.5 Å². The third-order valence-corrected chi connectivity index (χ3v) is 3.40. The smallest absolute Gasteiger partial charge is 0.356 e. The molecule has 22 heavy (non-hydrogen) atoms. The van der Waals surface area contributed by atoms with Crippen LogP contribution in [-0.4, -0.2) is 27.0 Å². The number of aromatic carboxylic acids is 1. The van der Waals surface area contributed by atoms with Gasteiger partial charge in [-0.15, -0.1) is 0 Å². The molecule has 0 saturated heterocycles. The third kappa shape index (κ3) is 7.71. The average Bonchev–Trinajstić information content (AvgIpc) is 2.50. The van der Waals surface area contributed by atoms with Crippen LogP contribution in [0.3, 0.4) is 0 Å².